The van der Waals surface area contributed by atoms with E-state index in [1.54, 1.807) is 0 Å². The lowest BCUT2D eigenvalue weighted by molar-refractivity contribution is 0.475. The highest BCUT2D eigenvalue weighted by Crippen LogP contribution is 2.02. The molecule has 0 saturated heterocycles. The topological polar surface area (TPSA) is 73.5 Å². The van der Waals surface area contributed by atoms with Crippen molar-refractivity contribution < 1.29 is 0 Å². The minimum Gasteiger partial charge on any atom is -0.311 e. The van der Waals surface area contributed by atoms with Crippen LogP contribution in [0.25, 0.3) is 0 Å². The van der Waals surface area contributed by atoms with Gasteiger partial charge >= 0.3 is 0 Å². The molecule has 0 aliphatic heterocycles. The Morgan fingerprint density at radius 2 is 2.00 bits per heavy atom. The van der Waals surface area contributed by atoms with Crippen LogP contribution < -0.4 is 5.32 Å². The van der Waals surface area contributed by atoms with Crippen LogP contribution >= 0.6 is 0 Å². The Kier molecular flexibility index (Phi) is 5.86. The fourth-order valence-electron chi connectivity index (χ4n) is 2.14. The molecule has 0 aliphatic rings. The highest BCUT2D eigenvalue weighted by atomic mass is 15.4. The Bertz CT molecular complexity index is 543. The van der Waals surface area contributed by atoms with Crippen LogP contribution in [-0.2, 0) is 32.5 Å². The van der Waals surface area contributed by atoms with Gasteiger partial charge in [-0.05, 0) is 13.0 Å². The molecule has 7 heteroatoms. The molecule has 2 aromatic heterocycles. The number of nitrogens with zero attached hydrogens (tertiary/aromatic N) is 6. The molecule has 0 bridgehead atoms. The smallest absolute Gasteiger partial charge is 0.150 e. The molecule has 2 heterocycles. The summed E-state index contributed by atoms with van der Waals surface area (Å²) >= 11 is 0. The SMILES string of the molecule is CCCNCc1cn(CCn2nc(CC)nc2CC)nn1. The highest BCUT2D eigenvalue weighted by Gasteiger charge is 2.07. The summed E-state index contributed by atoms with van der Waals surface area (Å²) in [4.78, 5) is 4.51. The van der Waals surface area contributed by atoms with E-state index < -0.39 is 0 Å². The third-order valence-electron chi connectivity index (χ3n) is 3.28. The van der Waals surface area contributed by atoms with Crippen molar-refractivity contribution in [1.82, 2.24) is 35.1 Å². The Balaban J connectivity index is 1.89. The van der Waals surface area contributed by atoms with Crippen LogP contribution in [0.1, 0.15) is 44.5 Å². The van der Waals surface area contributed by atoms with Crippen molar-refractivity contribution in [2.24, 2.45) is 0 Å². The van der Waals surface area contributed by atoms with Gasteiger partial charge in [-0.25, -0.2) is 9.67 Å². The summed E-state index contributed by atoms with van der Waals surface area (Å²) in [6.45, 7) is 9.65. The summed E-state index contributed by atoms with van der Waals surface area (Å²) in [6, 6.07) is 0. The number of rotatable bonds is 9. The van der Waals surface area contributed by atoms with Gasteiger partial charge in [-0.2, -0.15) is 5.10 Å². The van der Waals surface area contributed by atoms with E-state index in [1.807, 2.05) is 15.6 Å². The van der Waals surface area contributed by atoms with Crippen LogP contribution in [0.15, 0.2) is 6.20 Å². The zero-order valence-corrected chi connectivity index (χ0v) is 13.2. The van der Waals surface area contributed by atoms with Gasteiger partial charge in [0.15, 0.2) is 5.82 Å². The molecule has 0 spiro atoms. The predicted octanol–water partition coefficient (Wildman–Crippen LogP) is 1.19. The van der Waals surface area contributed by atoms with Gasteiger partial charge in [0.2, 0.25) is 0 Å². The first-order valence-electron chi connectivity index (χ1n) is 7.79. The van der Waals surface area contributed by atoms with Crippen molar-refractivity contribution in [2.75, 3.05) is 6.54 Å². The van der Waals surface area contributed by atoms with Crippen molar-refractivity contribution in [3.05, 3.63) is 23.5 Å². The van der Waals surface area contributed by atoms with Crippen LogP contribution in [0.4, 0.5) is 0 Å². The predicted molar refractivity (Wildman–Crippen MR) is 80.8 cm³/mol. The summed E-state index contributed by atoms with van der Waals surface area (Å²) in [5.41, 5.74) is 0.979. The molecule has 0 atom stereocenters. The third kappa shape index (κ3) is 4.35. The molecule has 0 fully saturated rings. The van der Waals surface area contributed by atoms with Crippen molar-refractivity contribution in [3.8, 4) is 0 Å². The summed E-state index contributed by atoms with van der Waals surface area (Å²) in [5.74, 6) is 1.95. The molecule has 0 unspecified atom stereocenters. The van der Waals surface area contributed by atoms with Crippen LogP contribution in [0, 0.1) is 0 Å². The average Bonchev–Trinajstić information content (AvgIpc) is 3.11. The van der Waals surface area contributed by atoms with Gasteiger partial charge in [-0.1, -0.05) is 26.0 Å². The Hall–Kier alpha value is -1.76. The Morgan fingerprint density at radius 1 is 1.14 bits per heavy atom. The fraction of sp³-hybridized carbons (Fsp3) is 0.714. The van der Waals surface area contributed by atoms with Gasteiger partial charge in [0.1, 0.15) is 5.82 Å². The monoisotopic (exact) mass is 291 g/mol. The molecular weight excluding hydrogens is 266 g/mol. The number of hydrogen-bond donors (Lipinski definition) is 1. The van der Waals surface area contributed by atoms with Gasteiger partial charge in [0.25, 0.3) is 0 Å². The van der Waals surface area contributed by atoms with Gasteiger partial charge in [0, 0.05) is 25.6 Å². The molecule has 0 aliphatic carbocycles. The maximum Gasteiger partial charge on any atom is 0.150 e. The van der Waals surface area contributed by atoms with E-state index in [1.165, 1.54) is 0 Å². The molecule has 116 valence electrons. The summed E-state index contributed by atoms with van der Waals surface area (Å²) in [7, 11) is 0. The van der Waals surface area contributed by atoms with Gasteiger partial charge in [-0.15, -0.1) is 5.10 Å². The molecule has 0 aromatic carbocycles. The average molecular weight is 291 g/mol. The first-order valence-corrected chi connectivity index (χ1v) is 7.79. The van der Waals surface area contributed by atoms with Crippen LogP contribution in [0.5, 0.6) is 0 Å². The fourth-order valence-corrected chi connectivity index (χ4v) is 2.14. The lowest BCUT2D eigenvalue weighted by atomic mass is 10.4. The van der Waals surface area contributed by atoms with Crippen LogP contribution in [-0.4, -0.2) is 36.3 Å². The standard InChI is InChI=1S/C14H25N7/c1-4-7-15-10-12-11-20(19-17-12)8-9-21-14(6-3)16-13(5-2)18-21/h11,15H,4-10H2,1-3H3. The van der Waals surface area contributed by atoms with Crippen molar-refractivity contribution in [1.29, 1.82) is 0 Å². The van der Waals surface area contributed by atoms with E-state index in [2.05, 4.69) is 46.5 Å². The summed E-state index contributed by atoms with van der Waals surface area (Å²) in [6.07, 6.45) is 4.89. The lowest BCUT2D eigenvalue weighted by Crippen LogP contribution is -2.14. The van der Waals surface area contributed by atoms with Crippen molar-refractivity contribution in [3.63, 3.8) is 0 Å². The number of hydrogen-bond acceptors (Lipinski definition) is 5. The zero-order valence-electron chi connectivity index (χ0n) is 13.2. The van der Waals surface area contributed by atoms with E-state index in [9.17, 15) is 0 Å². The van der Waals surface area contributed by atoms with E-state index in [-0.39, 0.29) is 0 Å². The first-order chi connectivity index (χ1) is 10.3. The third-order valence-corrected chi connectivity index (χ3v) is 3.28. The van der Waals surface area contributed by atoms with Gasteiger partial charge in [0.05, 0.1) is 18.8 Å². The molecule has 0 saturated carbocycles. The lowest BCUT2D eigenvalue weighted by Gasteiger charge is -2.03. The molecular formula is C14H25N7. The maximum absolute atomic E-state index is 4.51. The Labute approximate surface area is 125 Å². The zero-order chi connectivity index (χ0) is 15.1. The molecule has 0 radical (unpaired) electrons. The first kappa shape index (κ1) is 15.6. The second kappa shape index (κ2) is 7.87. The second-order valence-corrected chi connectivity index (χ2v) is 5.02. The minimum absolute atomic E-state index is 0.764. The molecule has 0 amide bonds. The summed E-state index contributed by atoms with van der Waals surface area (Å²) in [5, 5.41) is 16.2. The molecule has 7 nitrogen and oxygen atoms in total. The maximum atomic E-state index is 4.51. The normalized spacial score (nSPS) is 11.2. The van der Waals surface area contributed by atoms with E-state index in [4.69, 9.17) is 0 Å². The van der Waals surface area contributed by atoms with Gasteiger partial charge < -0.3 is 5.32 Å². The molecule has 1 N–H and O–H groups in total. The molecule has 2 aromatic rings. The van der Waals surface area contributed by atoms with E-state index >= 15 is 0 Å². The van der Waals surface area contributed by atoms with Crippen LogP contribution in [0.2, 0.25) is 0 Å². The van der Waals surface area contributed by atoms with Gasteiger partial charge in [-0.3, -0.25) is 4.68 Å². The number of nitrogens with one attached hydrogen (secondary N) is 1. The highest BCUT2D eigenvalue weighted by molar-refractivity contribution is 4.93. The van der Waals surface area contributed by atoms with E-state index in [0.717, 1.165) is 62.8 Å². The quantitative estimate of drug-likeness (QED) is 0.703. The number of aromatic nitrogens is 6. The number of aryl methyl sites for hydroxylation is 4. The molecule has 21 heavy (non-hydrogen) atoms. The van der Waals surface area contributed by atoms with Crippen molar-refractivity contribution in [2.45, 2.75) is 59.7 Å². The largest absolute Gasteiger partial charge is 0.311 e. The molecule has 2 rings (SSSR count). The van der Waals surface area contributed by atoms with Crippen molar-refractivity contribution >= 4 is 0 Å². The summed E-state index contributed by atoms with van der Waals surface area (Å²) < 4.78 is 3.85. The minimum atomic E-state index is 0.764. The second-order valence-electron chi connectivity index (χ2n) is 5.02. The Morgan fingerprint density at radius 3 is 2.71 bits per heavy atom. The van der Waals surface area contributed by atoms with Crippen LogP contribution in [0.3, 0.4) is 0 Å². The van der Waals surface area contributed by atoms with E-state index in [0.29, 0.717) is 0 Å².